The van der Waals surface area contributed by atoms with Crippen LogP contribution in [-0.2, 0) is 17.8 Å². The van der Waals surface area contributed by atoms with Crippen LogP contribution in [-0.4, -0.2) is 50.6 Å². The third kappa shape index (κ3) is 2.50. The van der Waals surface area contributed by atoms with Crippen molar-refractivity contribution in [2.45, 2.75) is 44.4 Å². The zero-order chi connectivity index (χ0) is 13.5. The standard InChI is InChI=1S/C13H20N4O2/c1-13(19)3-2-4-17(7-13)12(18)10-5-9-11(6-14-10)16-8-15-9/h8,10,14,19H,2-7H2,1H3,(H,15,16). The molecule has 0 aromatic carbocycles. The lowest BCUT2D eigenvalue weighted by atomic mass is 9.94. The molecule has 0 bridgehead atoms. The van der Waals surface area contributed by atoms with E-state index < -0.39 is 5.60 Å². The number of H-pyrrole nitrogens is 1. The van der Waals surface area contributed by atoms with Crippen molar-refractivity contribution < 1.29 is 9.90 Å². The number of aliphatic hydroxyl groups is 1. The molecule has 3 N–H and O–H groups in total. The quantitative estimate of drug-likeness (QED) is 0.656. The van der Waals surface area contributed by atoms with E-state index in [4.69, 9.17) is 0 Å². The Bertz CT molecular complexity index is 483. The van der Waals surface area contributed by atoms with Crippen LogP contribution in [0.3, 0.4) is 0 Å². The zero-order valence-electron chi connectivity index (χ0n) is 11.1. The van der Waals surface area contributed by atoms with E-state index in [1.807, 2.05) is 0 Å². The summed E-state index contributed by atoms with van der Waals surface area (Å²) in [6.45, 7) is 3.61. The Hall–Kier alpha value is -1.40. The molecule has 6 nitrogen and oxygen atoms in total. The molecule has 3 rings (SSSR count). The second-order valence-corrected chi connectivity index (χ2v) is 5.83. The van der Waals surface area contributed by atoms with Crippen molar-refractivity contribution in [3.05, 3.63) is 17.7 Å². The Morgan fingerprint density at radius 3 is 3.26 bits per heavy atom. The van der Waals surface area contributed by atoms with E-state index in [0.717, 1.165) is 30.8 Å². The molecule has 6 heteroatoms. The fourth-order valence-electron chi connectivity index (χ4n) is 2.97. The van der Waals surface area contributed by atoms with Crippen LogP contribution in [0.2, 0.25) is 0 Å². The average Bonchev–Trinajstić information content (AvgIpc) is 2.83. The monoisotopic (exact) mass is 264 g/mol. The van der Waals surface area contributed by atoms with Gasteiger partial charge in [-0.1, -0.05) is 0 Å². The van der Waals surface area contributed by atoms with Crippen LogP contribution in [0.25, 0.3) is 0 Å². The summed E-state index contributed by atoms with van der Waals surface area (Å²) >= 11 is 0. The van der Waals surface area contributed by atoms with Gasteiger partial charge in [0.15, 0.2) is 0 Å². The Labute approximate surface area is 112 Å². The van der Waals surface area contributed by atoms with Gasteiger partial charge in [0.25, 0.3) is 0 Å². The van der Waals surface area contributed by atoms with Crippen molar-refractivity contribution in [2.75, 3.05) is 13.1 Å². The highest BCUT2D eigenvalue weighted by atomic mass is 16.3. The highest BCUT2D eigenvalue weighted by Gasteiger charge is 2.35. The summed E-state index contributed by atoms with van der Waals surface area (Å²) in [5, 5.41) is 13.3. The third-order valence-corrected chi connectivity index (χ3v) is 4.01. The summed E-state index contributed by atoms with van der Waals surface area (Å²) in [5.41, 5.74) is 1.29. The molecule has 0 radical (unpaired) electrons. The third-order valence-electron chi connectivity index (χ3n) is 4.01. The van der Waals surface area contributed by atoms with Gasteiger partial charge < -0.3 is 15.0 Å². The van der Waals surface area contributed by atoms with Gasteiger partial charge in [-0.05, 0) is 19.8 Å². The maximum atomic E-state index is 12.5. The van der Waals surface area contributed by atoms with Crippen molar-refractivity contribution in [2.24, 2.45) is 0 Å². The largest absolute Gasteiger partial charge is 0.388 e. The van der Waals surface area contributed by atoms with E-state index in [0.29, 0.717) is 19.5 Å². The van der Waals surface area contributed by atoms with Crippen molar-refractivity contribution >= 4 is 5.91 Å². The molecule has 0 spiro atoms. The molecule has 0 aliphatic carbocycles. The number of β-amino-alcohol motifs (C(OH)–C–C–N with tert-alkyl or cyclic N) is 1. The van der Waals surface area contributed by atoms with E-state index in [9.17, 15) is 9.90 Å². The Kier molecular flexibility index (Phi) is 3.06. The minimum absolute atomic E-state index is 0.0774. The Balaban J connectivity index is 1.68. The molecule has 104 valence electrons. The minimum atomic E-state index is -0.750. The Morgan fingerprint density at radius 1 is 1.63 bits per heavy atom. The first kappa shape index (κ1) is 12.6. The van der Waals surface area contributed by atoms with Crippen LogP contribution >= 0.6 is 0 Å². The molecule has 1 amide bonds. The number of aromatic nitrogens is 2. The molecule has 2 aliphatic rings. The lowest BCUT2D eigenvalue weighted by Crippen LogP contribution is -2.55. The van der Waals surface area contributed by atoms with Crippen LogP contribution in [0.4, 0.5) is 0 Å². The summed E-state index contributed by atoms with van der Waals surface area (Å²) in [7, 11) is 0. The normalized spacial score (nSPS) is 31.1. The van der Waals surface area contributed by atoms with Crippen molar-refractivity contribution in [1.82, 2.24) is 20.2 Å². The number of nitrogens with zero attached hydrogens (tertiary/aromatic N) is 2. The SMILES string of the molecule is CC1(O)CCCN(C(=O)C2Cc3nc[nH]c3CN2)C1. The van der Waals surface area contributed by atoms with Crippen molar-refractivity contribution in [1.29, 1.82) is 0 Å². The van der Waals surface area contributed by atoms with Gasteiger partial charge in [-0.3, -0.25) is 10.1 Å². The van der Waals surface area contributed by atoms with E-state index in [1.54, 1.807) is 18.2 Å². The molecule has 1 aromatic heterocycles. The fraction of sp³-hybridized carbons (Fsp3) is 0.692. The molecular weight excluding hydrogens is 244 g/mol. The van der Waals surface area contributed by atoms with Gasteiger partial charge in [-0.15, -0.1) is 0 Å². The van der Waals surface area contributed by atoms with Crippen LogP contribution in [0.15, 0.2) is 6.33 Å². The maximum absolute atomic E-state index is 12.5. The number of hydrogen-bond donors (Lipinski definition) is 3. The topological polar surface area (TPSA) is 81.2 Å². The molecule has 2 aliphatic heterocycles. The maximum Gasteiger partial charge on any atom is 0.240 e. The lowest BCUT2D eigenvalue weighted by molar-refractivity contribution is -0.140. The van der Waals surface area contributed by atoms with Gasteiger partial charge in [-0.2, -0.15) is 0 Å². The predicted molar refractivity (Wildman–Crippen MR) is 69.4 cm³/mol. The fourth-order valence-corrected chi connectivity index (χ4v) is 2.97. The minimum Gasteiger partial charge on any atom is -0.388 e. The molecule has 19 heavy (non-hydrogen) atoms. The van der Waals surface area contributed by atoms with Crippen molar-refractivity contribution in [3.8, 4) is 0 Å². The number of carbonyl (C=O) groups is 1. The van der Waals surface area contributed by atoms with Gasteiger partial charge in [0, 0.05) is 26.1 Å². The highest BCUT2D eigenvalue weighted by molar-refractivity contribution is 5.82. The number of fused-ring (bicyclic) bond motifs is 1. The summed E-state index contributed by atoms with van der Waals surface area (Å²) in [6.07, 6.45) is 3.92. The summed E-state index contributed by atoms with van der Waals surface area (Å²) in [5.74, 6) is 0.0774. The van der Waals surface area contributed by atoms with Crippen LogP contribution in [0, 0.1) is 0 Å². The molecular formula is C13H20N4O2. The number of carbonyl (C=O) groups excluding carboxylic acids is 1. The van der Waals surface area contributed by atoms with Gasteiger partial charge in [-0.25, -0.2) is 4.98 Å². The highest BCUT2D eigenvalue weighted by Crippen LogP contribution is 2.22. The van der Waals surface area contributed by atoms with Crippen LogP contribution in [0.1, 0.15) is 31.2 Å². The number of aromatic amines is 1. The molecule has 2 unspecified atom stereocenters. The van der Waals surface area contributed by atoms with Crippen LogP contribution < -0.4 is 5.32 Å². The number of rotatable bonds is 1. The number of piperidine rings is 1. The molecule has 1 aromatic rings. The van der Waals surface area contributed by atoms with Gasteiger partial charge in [0.05, 0.1) is 29.4 Å². The first-order valence-electron chi connectivity index (χ1n) is 6.81. The zero-order valence-corrected chi connectivity index (χ0v) is 11.1. The van der Waals surface area contributed by atoms with Crippen LogP contribution in [0.5, 0.6) is 0 Å². The average molecular weight is 264 g/mol. The molecule has 1 saturated heterocycles. The number of likely N-dealkylation sites (tertiary alicyclic amines) is 1. The van der Waals surface area contributed by atoms with E-state index in [2.05, 4.69) is 15.3 Å². The van der Waals surface area contributed by atoms with Gasteiger partial charge in [0.1, 0.15) is 0 Å². The molecule has 3 heterocycles. The van der Waals surface area contributed by atoms with E-state index >= 15 is 0 Å². The molecule has 2 atom stereocenters. The second-order valence-electron chi connectivity index (χ2n) is 5.83. The summed E-state index contributed by atoms with van der Waals surface area (Å²) in [4.78, 5) is 21.6. The number of amides is 1. The smallest absolute Gasteiger partial charge is 0.240 e. The second kappa shape index (κ2) is 4.61. The molecule has 0 saturated carbocycles. The predicted octanol–water partition coefficient (Wildman–Crippen LogP) is -0.203. The van der Waals surface area contributed by atoms with E-state index in [1.165, 1.54) is 0 Å². The van der Waals surface area contributed by atoms with E-state index in [-0.39, 0.29) is 11.9 Å². The summed E-state index contributed by atoms with van der Waals surface area (Å²) in [6, 6.07) is -0.218. The summed E-state index contributed by atoms with van der Waals surface area (Å²) < 4.78 is 0. The number of imidazole rings is 1. The van der Waals surface area contributed by atoms with Gasteiger partial charge >= 0.3 is 0 Å². The number of nitrogens with one attached hydrogen (secondary N) is 2. The number of hydrogen-bond acceptors (Lipinski definition) is 4. The lowest BCUT2D eigenvalue weighted by Gasteiger charge is -2.39. The first-order chi connectivity index (χ1) is 9.05. The van der Waals surface area contributed by atoms with Gasteiger partial charge in [0.2, 0.25) is 5.91 Å². The van der Waals surface area contributed by atoms with Crippen molar-refractivity contribution in [3.63, 3.8) is 0 Å². The Morgan fingerprint density at radius 2 is 2.47 bits per heavy atom. The molecule has 1 fully saturated rings. The first-order valence-corrected chi connectivity index (χ1v) is 6.81.